The molecule has 61 heavy (non-hydrogen) atoms. The first-order chi connectivity index (χ1) is 29.8. The molecule has 0 saturated heterocycles. The second-order valence-corrected chi connectivity index (χ2v) is 18.3. The van der Waals surface area contributed by atoms with Gasteiger partial charge in [0.1, 0.15) is 12.7 Å². The summed E-state index contributed by atoms with van der Waals surface area (Å²) in [6.07, 6.45) is 44.7. The first-order valence-electron chi connectivity index (χ1n) is 26.4. The zero-order chi connectivity index (χ0) is 44.7. The van der Waals surface area contributed by atoms with Crippen molar-refractivity contribution < 1.29 is 33.6 Å². The lowest BCUT2D eigenvalue weighted by atomic mass is 10.0. The minimum atomic E-state index is -0.638. The summed E-state index contributed by atoms with van der Waals surface area (Å²) in [6.45, 7) is 9.36. The van der Waals surface area contributed by atoms with Crippen molar-refractivity contribution in [2.45, 2.75) is 277 Å². The number of aliphatic hydroxyl groups excluding tert-OH is 1. The monoisotopic (exact) mass is 866 g/mol. The van der Waals surface area contributed by atoms with Crippen molar-refractivity contribution in [1.29, 1.82) is 0 Å². The van der Waals surface area contributed by atoms with Gasteiger partial charge in [-0.3, -0.25) is 9.59 Å². The zero-order valence-corrected chi connectivity index (χ0v) is 41.2. The lowest BCUT2D eigenvalue weighted by Gasteiger charge is -2.22. The molecule has 0 amide bonds. The van der Waals surface area contributed by atoms with E-state index in [1.54, 1.807) is 0 Å². The molecule has 0 fully saturated rings. The molecule has 0 rings (SSSR count). The van der Waals surface area contributed by atoms with E-state index in [1.807, 2.05) is 26.2 Å². The largest absolute Gasteiger partial charge is 0.462 e. The summed E-state index contributed by atoms with van der Waals surface area (Å²) in [5, 5.41) is 10.7. The van der Waals surface area contributed by atoms with Crippen LogP contribution in [0.15, 0.2) is 12.2 Å². The zero-order valence-electron chi connectivity index (χ0n) is 41.2. The summed E-state index contributed by atoms with van der Waals surface area (Å²) >= 11 is 0. The molecular formula is C53H103NO7. The summed E-state index contributed by atoms with van der Waals surface area (Å²) in [7, 11) is 4.07. The minimum Gasteiger partial charge on any atom is -0.462 e. The highest BCUT2D eigenvalue weighted by Gasteiger charge is 2.16. The molecule has 0 bridgehead atoms. The second kappa shape index (κ2) is 48.0. The van der Waals surface area contributed by atoms with Gasteiger partial charge in [-0.25, -0.2) is 0 Å². The maximum Gasteiger partial charge on any atom is 0.306 e. The number of hydrogen-bond acceptors (Lipinski definition) is 8. The molecule has 8 nitrogen and oxygen atoms in total. The van der Waals surface area contributed by atoms with Gasteiger partial charge in [-0.1, -0.05) is 181 Å². The highest BCUT2D eigenvalue weighted by molar-refractivity contribution is 5.69. The van der Waals surface area contributed by atoms with E-state index < -0.39 is 6.29 Å². The highest BCUT2D eigenvalue weighted by atomic mass is 16.6. The van der Waals surface area contributed by atoms with E-state index in [0.717, 1.165) is 122 Å². The SMILES string of the molecule is CCCCCCCCOC/C=C\COC(=O)CCCCCCCCC(CCCCCCCCC(O)OC(CCCCCCC)CCCCCCCC)OC(=O)CCCN(C)C. The summed E-state index contributed by atoms with van der Waals surface area (Å²) in [5.41, 5.74) is 0. The van der Waals surface area contributed by atoms with E-state index in [2.05, 4.69) is 25.7 Å². The maximum atomic E-state index is 12.7. The van der Waals surface area contributed by atoms with Gasteiger partial charge in [-0.05, 0) is 97.3 Å². The van der Waals surface area contributed by atoms with E-state index in [0.29, 0.717) is 26.1 Å². The Hall–Kier alpha value is -1.48. The molecule has 0 heterocycles. The molecule has 3 unspecified atom stereocenters. The van der Waals surface area contributed by atoms with Gasteiger partial charge < -0.3 is 29.0 Å². The number of aliphatic hydroxyl groups is 1. The van der Waals surface area contributed by atoms with Crippen LogP contribution >= 0.6 is 0 Å². The predicted octanol–water partition coefficient (Wildman–Crippen LogP) is 14.8. The summed E-state index contributed by atoms with van der Waals surface area (Å²) < 4.78 is 23.2. The van der Waals surface area contributed by atoms with Crippen molar-refractivity contribution in [2.24, 2.45) is 0 Å². The average molecular weight is 866 g/mol. The Morgan fingerprint density at radius 2 is 0.885 bits per heavy atom. The lowest BCUT2D eigenvalue weighted by molar-refractivity contribution is -0.150. The molecule has 1 N–H and O–H groups in total. The number of nitrogens with zero attached hydrogens (tertiary/aromatic N) is 1. The number of esters is 2. The van der Waals surface area contributed by atoms with Crippen molar-refractivity contribution in [2.75, 3.05) is 40.5 Å². The smallest absolute Gasteiger partial charge is 0.306 e. The molecule has 3 atom stereocenters. The fraction of sp³-hybridized carbons (Fsp3) is 0.925. The van der Waals surface area contributed by atoms with Gasteiger partial charge >= 0.3 is 11.9 Å². The van der Waals surface area contributed by atoms with Crippen molar-refractivity contribution in [3.63, 3.8) is 0 Å². The number of ether oxygens (including phenoxy) is 4. The normalized spacial score (nSPS) is 13.3. The van der Waals surface area contributed by atoms with Gasteiger partial charge in [-0.2, -0.15) is 0 Å². The van der Waals surface area contributed by atoms with Crippen LogP contribution in [0.5, 0.6) is 0 Å². The van der Waals surface area contributed by atoms with Crippen LogP contribution < -0.4 is 0 Å². The fourth-order valence-corrected chi connectivity index (χ4v) is 7.98. The van der Waals surface area contributed by atoms with Gasteiger partial charge in [0.05, 0.1) is 12.7 Å². The predicted molar refractivity (Wildman–Crippen MR) is 258 cm³/mol. The van der Waals surface area contributed by atoms with Crippen LogP contribution in [0.1, 0.15) is 258 Å². The van der Waals surface area contributed by atoms with Crippen molar-refractivity contribution in [3.8, 4) is 0 Å². The topological polar surface area (TPSA) is 94.5 Å². The van der Waals surface area contributed by atoms with Crippen LogP contribution in [-0.2, 0) is 28.5 Å². The highest BCUT2D eigenvalue weighted by Crippen LogP contribution is 2.21. The number of carbonyl (C=O) groups excluding carboxylic acids is 2. The molecular weight excluding hydrogens is 763 g/mol. The Balaban J connectivity index is 4.27. The van der Waals surface area contributed by atoms with Crippen LogP contribution in [0, 0.1) is 0 Å². The molecule has 8 heteroatoms. The summed E-state index contributed by atoms with van der Waals surface area (Å²) in [6, 6.07) is 0. The van der Waals surface area contributed by atoms with E-state index in [9.17, 15) is 14.7 Å². The second-order valence-electron chi connectivity index (χ2n) is 18.3. The van der Waals surface area contributed by atoms with Gasteiger partial charge in [0.15, 0.2) is 6.29 Å². The summed E-state index contributed by atoms with van der Waals surface area (Å²) in [5.74, 6) is -0.181. The van der Waals surface area contributed by atoms with Crippen molar-refractivity contribution >= 4 is 11.9 Å². The van der Waals surface area contributed by atoms with Crippen molar-refractivity contribution in [1.82, 2.24) is 4.90 Å². The van der Waals surface area contributed by atoms with E-state index >= 15 is 0 Å². The first-order valence-corrected chi connectivity index (χ1v) is 26.4. The number of hydrogen-bond donors (Lipinski definition) is 1. The number of unbranched alkanes of at least 4 members (excludes halogenated alkanes) is 24. The van der Waals surface area contributed by atoms with Crippen LogP contribution in [0.4, 0.5) is 0 Å². The van der Waals surface area contributed by atoms with Crippen LogP contribution in [-0.4, -0.2) is 80.9 Å². The third-order valence-corrected chi connectivity index (χ3v) is 11.9. The third kappa shape index (κ3) is 46.3. The first kappa shape index (κ1) is 59.5. The molecule has 0 aromatic carbocycles. The Labute approximate surface area is 378 Å². The standard InChI is InChI=1S/C53H103NO7/c1-6-9-12-15-22-29-39-49(38-28-21-14-11-8-3)60-52(56)43-33-26-20-18-24-31-41-50(61-53(57)44-37-45-54(4)5)40-30-23-17-19-25-32-42-51(55)59-48-36-35-47-58-46-34-27-16-13-10-7-2/h35-36,49-50,52,56H,6-34,37-48H2,1-5H3/b36-35-. The molecule has 0 aromatic rings. The fourth-order valence-electron chi connectivity index (χ4n) is 7.98. The molecule has 0 spiro atoms. The number of carbonyl (C=O) groups is 2. The van der Waals surface area contributed by atoms with Crippen LogP contribution in [0.25, 0.3) is 0 Å². The van der Waals surface area contributed by atoms with E-state index in [1.165, 1.54) is 116 Å². The molecule has 0 aliphatic heterocycles. The molecule has 0 aliphatic rings. The van der Waals surface area contributed by atoms with Gasteiger partial charge in [-0.15, -0.1) is 0 Å². The summed E-state index contributed by atoms with van der Waals surface area (Å²) in [4.78, 5) is 26.9. The van der Waals surface area contributed by atoms with Crippen molar-refractivity contribution in [3.05, 3.63) is 12.2 Å². The molecule has 362 valence electrons. The Bertz CT molecular complexity index is 944. The minimum absolute atomic E-state index is 0.00536. The van der Waals surface area contributed by atoms with Gasteiger partial charge in [0, 0.05) is 19.4 Å². The molecule has 0 aromatic heterocycles. The van der Waals surface area contributed by atoms with E-state index in [4.69, 9.17) is 18.9 Å². The van der Waals surface area contributed by atoms with Crippen LogP contribution in [0.2, 0.25) is 0 Å². The van der Waals surface area contributed by atoms with Gasteiger partial charge in [0.2, 0.25) is 0 Å². The Morgan fingerprint density at radius 3 is 1.39 bits per heavy atom. The third-order valence-electron chi connectivity index (χ3n) is 11.9. The van der Waals surface area contributed by atoms with E-state index in [-0.39, 0.29) is 24.1 Å². The van der Waals surface area contributed by atoms with Gasteiger partial charge in [0.25, 0.3) is 0 Å². The lowest BCUT2D eigenvalue weighted by Crippen LogP contribution is -2.22. The number of rotatable bonds is 49. The molecule has 0 aliphatic carbocycles. The van der Waals surface area contributed by atoms with Crippen LogP contribution in [0.3, 0.4) is 0 Å². The molecule has 0 radical (unpaired) electrons. The Kier molecular flexibility index (Phi) is 46.8. The Morgan fingerprint density at radius 1 is 0.475 bits per heavy atom. The maximum absolute atomic E-state index is 12.7. The average Bonchev–Trinajstić information content (AvgIpc) is 3.23. The molecule has 0 saturated carbocycles. The quantitative estimate of drug-likeness (QED) is 0.0280.